The van der Waals surface area contributed by atoms with Crippen molar-refractivity contribution >= 4 is 29.9 Å². The largest absolute Gasteiger partial charge is 0.379 e. The summed E-state index contributed by atoms with van der Waals surface area (Å²) in [6.45, 7) is 4.68. The number of aryl methyl sites for hydroxylation is 1. The number of halogens is 1. The van der Waals surface area contributed by atoms with E-state index in [4.69, 9.17) is 9.26 Å². The molecule has 1 fully saturated rings. The fraction of sp³-hybridized carbons (Fsp3) is 0.769. The Kier molecular flexibility index (Phi) is 7.94. The van der Waals surface area contributed by atoms with Crippen LogP contribution in [-0.2, 0) is 11.3 Å². The molecule has 1 saturated carbocycles. The van der Waals surface area contributed by atoms with Crippen LogP contribution in [-0.4, -0.2) is 54.9 Å². The molecule has 0 spiro atoms. The van der Waals surface area contributed by atoms with Crippen LogP contribution in [0.1, 0.15) is 24.6 Å². The van der Waals surface area contributed by atoms with Crippen LogP contribution in [0.15, 0.2) is 9.52 Å². The highest BCUT2D eigenvalue weighted by Gasteiger charge is 2.21. The number of hydrogen-bond acceptors (Lipinski definition) is 5. The van der Waals surface area contributed by atoms with Crippen LogP contribution in [0.3, 0.4) is 0 Å². The van der Waals surface area contributed by atoms with E-state index < -0.39 is 0 Å². The van der Waals surface area contributed by atoms with Crippen molar-refractivity contribution in [2.24, 2.45) is 10.9 Å². The highest BCUT2D eigenvalue weighted by molar-refractivity contribution is 14.0. The van der Waals surface area contributed by atoms with Gasteiger partial charge in [-0.2, -0.15) is 4.98 Å². The number of guanidine groups is 1. The molecule has 7 nitrogen and oxygen atoms in total. The van der Waals surface area contributed by atoms with Gasteiger partial charge in [0.15, 0.2) is 11.8 Å². The molecule has 2 rings (SSSR count). The van der Waals surface area contributed by atoms with Gasteiger partial charge in [0, 0.05) is 27.2 Å². The van der Waals surface area contributed by atoms with E-state index in [0.717, 1.165) is 25.0 Å². The van der Waals surface area contributed by atoms with Gasteiger partial charge in [-0.1, -0.05) is 5.16 Å². The van der Waals surface area contributed by atoms with Gasteiger partial charge >= 0.3 is 0 Å². The first-order chi connectivity index (χ1) is 9.69. The van der Waals surface area contributed by atoms with E-state index in [9.17, 15) is 0 Å². The summed E-state index contributed by atoms with van der Waals surface area (Å²) in [5.41, 5.74) is 0. The second kappa shape index (κ2) is 9.19. The van der Waals surface area contributed by atoms with Gasteiger partial charge in [0.05, 0.1) is 13.2 Å². The molecule has 0 atom stereocenters. The summed E-state index contributed by atoms with van der Waals surface area (Å²) in [5.74, 6) is 2.79. The molecule has 1 aliphatic rings. The number of likely N-dealkylation sites (N-methyl/N-ethyl adjacent to an activating group) is 1. The predicted octanol–water partition coefficient (Wildman–Crippen LogP) is 1.43. The molecule has 0 bridgehead atoms. The van der Waals surface area contributed by atoms with Crippen molar-refractivity contribution in [3.8, 4) is 0 Å². The van der Waals surface area contributed by atoms with Gasteiger partial charge in [-0.3, -0.25) is 4.99 Å². The third-order valence-corrected chi connectivity index (χ3v) is 3.16. The van der Waals surface area contributed by atoms with Crippen LogP contribution in [0.5, 0.6) is 0 Å². The van der Waals surface area contributed by atoms with E-state index in [1.807, 2.05) is 11.9 Å². The molecule has 0 amide bonds. The van der Waals surface area contributed by atoms with Crippen LogP contribution in [0, 0.1) is 12.8 Å². The normalized spacial score (nSPS) is 14.7. The Balaban J connectivity index is 0.00000220. The Hall–Kier alpha value is -0.900. The number of hydrogen-bond donors (Lipinski definition) is 1. The molecule has 0 unspecified atom stereocenters. The predicted molar refractivity (Wildman–Crippen MR) is 90.8 cm³/mol. The van der Waals surface area contributed by atoms with Gasteiger partial charge in [-0.05, 0) is 25.7 Å². The molecule has 1 aromatic rings. The minimum Gasteiger partial charge on any atom is -0.379 e. The lowest BCUT2D eigenvalue weighted by atomic mass is 10.5. The molecule has 1 aromatic heterocycles. The molecule has 1 N–H and O–H groups in total. The number of nitrogens with one attached hydrogen (secondary N) is 1. The standard InChI is InChI=1S/C13H23N5O2.HI/c1-10-16-12(20-17-10)8-15-13(14-2)18(3)6-7-19-9-11-4-5-11;/h11H,4-9H2,1-3H3,(H,14,15);1H. The Labute approximate surface area is 142 Å². The summed E-state index contributed by atoms with van der Waals surface area (Å²) in [5, 5.41) is 6.93. The molecular formula is C13H24IN5O2. The molecule has 120 valence electrons. The number of aliphatic imine (C=N–C) groups is 1. The lowest BCUT2D eigenvalue weighted by Gasteiger charge is -2.21. The van der Waals surface area contributed by atoms with Crippen molar-refractivity contribution in [2.75, 3.05) is 33.9 Å². The zero-order valence-electron chi connectivity index (χ0n) is 12.8. The van der Waals surface area contributed by atoms with Crippen molar-refractivity contribution in [3.05, 3.63) is 11.7 Å². The van der Waals surface area contributed by atoms with Crippen LogP contribution >= 0.6 is 24.0 Å². The van der Waals surface area contributed by atoms with Crippen molar-refractivity contribution < 1.29 is 9.26 Å². The van der Waals surface area contributed by atoms with Gasteiger partial charge in [0.2, 0.25) is 5.89 Å². The topological polar surface area (TPSA) is 75.8 Å². The summed E-state index contributed by atoms with van der Waals surface area (Å²) < 4.78 is 10.7. The zero-order chi connectivity index (χ0) is 14.4. The zero-order valence-corrected chi connectivity index (χ0v) is 15.2. The molecule has 1 aliphatic carbocycles. The molecule has 0 radical (unpaired) electrons. The van der Waals surface area contributed by atoms with E-state index >= 15 is 0 Å². The van der Waals surface area contributed by atoms with E-state index in [-0.39, 0.29) is 24.0 Å². The highest BCUT2D eigenvalue weighted by atomic mass is 127. The average molecular weight is 409 g/mol. The number of ether oxygens (including phenoxy) is 1. The summed E-state index contributed by atoms with van der Waals surface area (Å²) in [4.78, 5) is 10.4. The highest BCUT2D eigenvalue weighted by Crippen LogP contribution is 2.28. The SMILES string of the molecule is CN=C(NCc1nc(C)no1)N(C)CCOCC1CC1.I. The lowest BCUT2D eigenvalue weighted by molar-refractivity contribution is 0.115. The van der Waals surface area contributed by atoms with E-state index in [0.29, 0.717) is 24.9 Å². The minimum absolute atomic E-state index is 0. The number of aromatic nitrogens is 2. The summed E-state index contributed by atoms with van der Waals surface area (Å²) in [6.07, 6.45) is 2.64. The van der Waals surface area contributed by atoms with Gasteiger partial charge in [0.25, 0.3) is 0 Å². The van der Waals surface area contributed by atoms with Crippen molar-refractivity contribution in [1.82, 2.24) is 20.4 Å². The number of nitrogens with zero attached hydrogens (tertiary/aromatic N) is 4. The van der Waals surface area contributed by atoms with Crippen LogP contribution in [0.4, 0.5) is 0 Å². The Morgan fingerprint density at radius 2 is 2.29 bits per heavy atom. The van der Waals surface area contributed by atoms with Gasteiger partial charge in [-0.25, -0.2) is 0 Å². The van der Waals surface area contributed by atoms with Crippen molar-refractivity contribution in [3.63, 3.8) is 0 Å². The van der Waals surface area contributed by atoms with Crippen molar-refractivity contribution in [1.29, 1.82) is 0 Å². The first-order valence-corrected chi connectivity index (χ1v) is 6.97. The maximum atomic E-state index is 5.62. The second-order valence-electron chi connectivity index (χ2n) is 5.08. The first-order valence-electron chi connectivity index (χ1n) is 6.97. The monoisotopic (exact) mass is 409 g/mol. The first kappa shape index (κ1) is 18.1. The van der Waals surface area contributed by atoms with Crippen LogP contribution in [0.25, 0.3) is 0 Å². The van der Waals surface area contributed by atoms with Crippen LogP contribution < -0.4 is 5.32 Å². The van der Waals surface area contributed by atoms with E-state index in [2.05, 4.69) is 20.4 Å². The minimum atomic E-state index is 0. The molecule has 0 aliphatic heterocycles. The Bertz CT molecular complexity index is 448. The second-order valence-corrected chi connectivity index (χ2v) is 5.08. The molecule has 0 aromatic carbocycles. The molecular weight excluding hydrogens is 385 g/mol. The van der Waals surface area contributed by atoms with Gasteiger partial charge in [-0.15, -0.1) is 24.0 Å². The van der Waals surface area contributed by atoms with E-state index in [1.165, 1.54) is 12.8 Å². The van der Waals surface area contributed by atoms with Gasteiger partial charge < -0.3 is 19.5 Å². The molecule has 21 heavy (non-hydrogen) atoms. The summed E-state index contributed by atoms with van der Waals surface area (Å²) in [6, 6.07) is 0. The Morgan fingerprint density at radius 1 is 1.52 bits per heavy atom. The summed E-state index contributed by atoms with van der Waals surface area (Å²) in [7, 11) is 3.73. The average Bonchev–Trinajstić information content (AvgIpc) is 3.17. The molecule has 8 heteroatoms. The number of rotatable bonds is 7. The molecule has 0 saturated heterocycles. The Morgan fingerprint density at radius 3 is 2.86 bits per heavy atom. The third kappa shape index (κ3) is 6.60. The quantitative estimate of drug-likeness (QED) is 0.318. The maximum Gasteiger partial charge on any atom is 0.246 e. The maximum absolute atomic E-state index is 5.62. The third-order valence-electron chi connectivity index (χ3n) is 3.16. The fourth-order valence-electron chi connectivity index (χ4n) is 1.79. The fourth-order valence-corrected chi connectivity index (χ4v) is 1.79. The van der Waals surface area contributed by atoms with Gasteiger partial charge in [0.1, 0.15) is 0 Å². The van der Waals surface area contributed by atoms with Crippen LogP contribution in [0.2, 0.25) is 0 Å². The lowest BCUT2D eigenvalue weighted by Crippen LogP contribution is -2.40. The van der Waals surface area contributed by atoms with E-state index in [1.54, 1.807) is 14.0 Å². The summed E-state index contributed by atoms with van der Waals surface area (Å²) >= 11 is 0. The smallest absolute Gasteiger partial charge is 0.246 e. The van der Waals surface area contributed by atoms with Crippen molar-refractivity contribution in [2.45, 2.75) is 26.3 Å². The molecule has 1 heterocycles.